The molecular formula is C25H20N4O4S. The van der Waals surface area contributed by atoms with Crippen LogP contribution in [-0.2, 0) is 4.79 Å². The van der Waals surface area contributed by atoms with Crippen molar-refractivity contribution >= 4 is 46.4 Å². The van der Waals surface area contributed by atoms with E-state index in [0.717, 1.165) is 28.8 Å². The lowest BCUT2D eigenvalue weighted by molar-refractivity contribution is -0.115. The molecule has 9 heteroatoms. The van der Waals surface area contributed by atoms with Crippen molar-refractivity contribution in [2.24, 2.45) is 0 Å². The summed E-state index contributed by atoms with van der Waals surface area (Å²) in [6.07, 6.45) is 3.39. The number of pyridine rings is 1. The minimum Gasteiger partial charge on any atom is -0.492 e. The number of rotatable bonds is 6. The summed E-state index contributed by atoms with van der Waals surface area (Å²) < 4.78 is 5.86. The van der Waals surface area contributed by atoms with E-state index in [2.05, 4.69) is 10.3 Å². The highest BCUT2D eigenvalue weighted by Crippen LogP contribution is 2.32. The quantitative estimate of drug-likeness (QED) is 0.542. The summed E-state index contributed by atoms with van der Waals surface area (Å²) in [5, 5.41) is 1.87. The van der Waals surface area contributed by atoms with Crippen LogP contribution < -0.4 is 15.0 Å². The molecule has 1 N–H and O–H groups in total. The zero-order chi connectivity index (χ0) is 23.5. The first-order chi connectivity index (χ1) is 16.6. The van der Waals surface area contributed by atoms with Gasteiger partial charge in [-0.15, -0.1) is 0 Å². The first-order valence-corrected chi connectivity index (χ1v) is 11.4. The Morgan fingerprint density at radius 1 is 1.00 bits per heavy atom. The summed E-state index contributed by atoms with van der Waals surface area (Å²) in [5.74, 6) is 0.986. The van der Waals surface area contributed by atoms with Crippen LogP contribution in [0.15, 0.2) is 77.8 Å². The Hall–Kier alpha value is -4.11. The summed E-state index contributed by atoms with van der Waals surface area (Å²) in [4.78, 5) is 44.6. The highest BCUT2D eigenvalue weighted by molar-refractivity contribution is 8.18. The molecule has 0 radical (unpaired) electrons. The van der Waals surface area contributed by atoms with Gasteiger partial charge < -0.3 is 14.5 Å². The molecule has 1 saturated heterocycles. The predicted octanol–water partition coefficient (Wildman–Crippen LogP) is 4.04. The van der Waals surface area contributed by atoms with Crippen LogP contribution in [-0.4, -0.2) is 46.8 Å². The number of amides is 3. The Balaban J connectivity index is 1.24. The number of carbonyl (C=O) groups is 3. The minimum absolute atomic E-state index is 0.0461. The number of aromatic nitrogens is 1. The van der Waals surface area contributed by atoms with E-state index in [1.165, 1.54) is 0 Å². The average Bonchev–Trinajstić information content (AvgIpc) is 3.18. The van der Waals surface area contributed by atoms with E-state index in [4.69, 9.17) is 4.74 Å². The summed E-state index contributed by atoms with van der Waals surface area (Å²) in [6, 6.07) is 20.4. The number of anilines is 2. The summed E-state index contributed by atoms with van der Waals surface area (Å²) in [5.41, 5.74) is 2.25. The molecule has 3 heterocycles. The van der Waals surface area contributed by atoms with Crippen molar-refractivity contribution in [3.8, 4) is 5.75 Å². The number of nitrogens with one attached hydrogen (secondary N) is 1. The summed E-state index contributed by atoms with van der Waals surface area (Å²) >= 11 is 0.881. The van der Waals surface area contributed by atoms with Gasteiger partial charge in [-0.1, -0.05) is 30.3 Å². The van der Waals surface area contributed by atoms with Crippen molar-refractivity contribution in [1.29, 1.82) is 0 Å². The molecule has 0 saturated carbocycles. The van der Waals surface area contributed by atoms with E-state index in [1.807, 2.05) is 59.5 Å². The number of hydrogen-bond acceptors (Lipinski definition) is 7. The lowest BCUT2D eigenvalue weighted by Gasteiger charge is -2.37. The van der Waals surface area contributed by atoms with Crippen LogP contribution in [0.5, 0.6) is 5.75 Å². The van der Waals surface area contributed by atoms with Crippen LogP contribution in [0.1, 0.15) is 15.9 Å². The fraction of sp³-hybridized carbons (Fsp3) is 0.120. The largest absolute Gasteiger partial charge is 0.492 e. The molecule has 3 aromatic rings. The molecule has 2 aliphatic heterocycles. The van der Waals surface area contributed by atoms with Gasteiger partial charge in [0.2, 0.25) is 0 Å². The summed E-state index contributed by atoms with van der Waals surface area (Å²) in [7, 11) is 0. The Kier molecular flexibility index (Phi) is 6.01. The number of para-hydroxylation sites is 1. The Labute approximate surface area is 200 Å². The van der Waals surface area contributed by atoms with Crippen LogP contribution >= 0.6 is 11.8 Å². The maximum absolute atomic E-state index is 13.1. The van der Waals surface area contributed by atoms with Crippen molar-refractivity contribution in [2.75, 3.05) is 24.7 Å². The van der Waals surface area contributed by atoms with Gasteiger partial charge in [-0.05, 0) is 59.8 Å². The second-order valence-corrected chi connectivity index (χ2v) is 8.63. The Morgan fingerprint density at radius 3 is 2.53 bits per heavy atom. The van der Waals surface area contributed by atoms with E-state index in [1.54, 1.807) is 29.3 Å². The fourth-order valence-electron chi connectivity index (χ4n) is 3.76. The normalized spacial score (nSPS) is 16.6. The smallest absolute Gasteiger partial charge is 0.290 e. The van der Waals surface area contributed by atoms with Gasteiger partial charge in [0.05, 0.1) is 29.4 Å². The Bertz CT molecular complexity index is 1280. The molecule has 0 spiro atoms. The van der Waals surface area contributed by atoms with Crippen LogP contribution in [0.3, 0.4) is 0 Å². The molecule has 170 valence electrons. The first kappa shape index (κ1) is 21.7. The number of benzene rings is 2. The molecule has 5 rings (SSSR count). The van der Waals surface area contributed by atoms with Crippen molar-refractivity contribution in [2.45, 2.75) is 0 Å². The number of thioether (sulfide) groups is 1. The van der Waals surface area contributed by atoms with E-state index >= 15 is 0 Å². The zero-order valence-corrected chi connectivity index (χ0v) is 18.8. The molecule has 8 nitrogen and oxygen atoms in total. The molecule has 0 atom stereocenters. The van der Waals surface area contributed by atoms with Gasteiger partial charge >= 0.3 is 0 Å². The molecule has 0 unspecified atom stereocenters. The zero-order valence-electron chi connectivity index (χ0n) is 18.0. The van der Waals surface area contributed by atoms with Crippen molar-refractivity contribution in [3.63, 3.8) is 0 Å². The minimum atomic E-state index is -0.386. The third kappa shape index (κ3) is 4.51. The molecule has 1 aromatic heterocycles. The lowest BCUT2D eigenvalue weighted by Crippen LogP contribution is -2.46. The second kappa shape index (κ2) is 9.40. The van der Waals surface area contributed by atoms with Gasteiger partial charge in [-0.2, -0.15) is 0 Å². The predicted molar refractivity (Wildman–Crippen MR) is 130 cm³/mol. The molecule has 3 amide bonds. The van der Waals surface area contributed by atoms with Crippen LogP contribution in [0.2, 0.25) is 0 Å². The van der Waals surface area contributed by atoms with Crippen LogP contribution in [0.4, 0.5) is 16.3 Å². The topological polar surface area (TPSA) is 91.8 Å². The highest BCUT2D eigenvalue weighted by Gasteiger charge is 2.30. The van der Waals surface area contributed by atoms with E-state index in [0.29, 0.717) is 36.0 Å². The maximum Gasteiger partial charge on any atom is 0.290 e. The van der Waals surface area contributed by atoms with Crippen molar-refractivity contribution in [1.82, 2.24) is 15.2 Å². The number of imide groups is 1. The van der Waals surface area contributed by atoms with Crippen molar-refractivity contribution in [3.05, 3.63) is 89.0 Å². The highest BCUT2D eigenvalue weighted by atomic mass is 32.2. The third-order valence-corrected chi connectivity index (χ3v) is 6.21. The number of ether oxygens (including phenoxy) is 1. The SMILES string of the molecule is O=C1NC(=O)/C(=C/c2ccc(OCCN3CN(c4ccccn4)c4ccccc4C3=O)cc2)S1. The van der Waals surface area contributed by atoms with Gasteiger partial charge in [0.25, 0.3) is 17.1 Å². The second-order valence-electron chi connectivity index (χ2n) is 7.61. The average molecular weight is 473 g/mol. The number of hydrogen-bond donors (Lipinski definition) is 1. The molecule has 1 fully saturated rings. The molecule has 0 bridgehead atoms. The van der Waals surface area contributed by atoms with Crippen LogP contribution in [0, 0.1) is 0 Å². The number of carbonyl (C=O) groups excluding carboxylic acids is 3. The summed E-state index contributed by atoms with van der Waals surface area (Å²) in [6.45, 7) is 1.10. The molecular weight excluding hydrogens is 452 g/mol. The molecule has 34 heavy (non-hydrogen) atoms. The Morgan fingerprint density at radius 2 is 1.79 bits per heavy atom. The molecule has 0 aliphatic carbocycles. The van der Waals surface area contributed by atoms with E-state index in [9.17, 15) is 14.4 Å². The molecule has 2 aromatic carbocycles. The standard InChI is InChI=1S/C25H20N4O4S/c30-23-21(34-25(32)27-23)15-17-8-10-18(11-9-17)33-14-13-28-16-29(22-7-3-4-12-26-22)20-6-2-1-5-19(20)24(28)31/h1-12,15H,13-14,16H2,(H,27,30,32)/b21-15-. The van der Waals surface area contributed by atoms with Gasteiger partial charge in [0.1, 0.15) is 18.2 Å². The van der Waals surface area contributed by atoms with Gasteiger partial charge in [0, 0.05) is 6.20 Å². The monoisotopic (exact) mass is 472 g/mol. The number of fused-ring (bicyclic) bond motifs is 1. The van der Waals surface area contributed by atoms with Crippen molar-refractivity contribution < 1.29 is 19.1 Å². The first-order valence-electron chi connectivity index (χ1n) is 10.6. The lowest BCUT2D eigenvalue weighted by atomic mass is 10.1. The van der Waals surface area contributed by atoms with E-state index < -0.39 is 0 Å². The number of nitrogens with zero attached hydrogens (tertiary/aromatic N) is 3. The van der Waals surface area contributed by atoms with Crippen LogP contribution in [0.25, 0.3) is 6.08 Å². The van der Waals surface area contributed by atoms with Gasteiger partial charge in [0.15, 0.2) is 0 Å². The van der Waals surface area contributed by atoms with Gasteiger partial charge in [-0.25, -0.2) is 4.98 Å². The van der Waals surface area contributed by atoms with E-state index in [-0.39, 0.29) is 17.1 Å². The molecule has 2 aliphatic rings. The fourth-order valence-corrected chi connectivity index (χ4v) is 4.44. The van der Waals surface area contributed by atoms with Gasteiger partial charge in [-0.3, -0.25) is 19.7 Å². The third-order valence-electron chi connectivity index (χ3n) is 5.40. The maximum atomic E-state index is 13.1.